The number of hydrogen-bond donors (Lipinski definition) is 1. The predicted molar refractivity (Wildman–Crippen MR) is 77.2 cm³/mol. The molecule has 1 N–H and O–H groups in total. The van der Waals surface area contributed by atoms with Crippen LogP contribution in [-0.4, -0.2) is 20.8 Å². The zero-order valence-corrected chi connectivity index (χ0v) is 11.6. The van der Waals surface area contributed by atoms with Crippen LogP contribution in [0.4, 0.5) is 0 Å². The molecule has 1 heterocycles. The quantitative estimate of drug-likeness (QED) is 0.863. The molecule has 3 nitrogen and oxygen atoms in total. The van der Waals surface area contributed by atoms with E-state index in [1.54, 1.807) is 20.0 Å². The fourth-order valence-electron chi connectivity index (χ4n) is 1.59. The van der Waals surface area contributed by atoms with Gasteiger partial charge in [-0.05, 0) is 25.5 Å². The maximum Gasteiger partial charge on any atom is 0.319 e. The second-order valence-corrected chi connectivity index (χ2v) is 6.25. The Bertz CT molecular complexity index is 582. The van der Waals surface area contributed by atoms with Gasteiger partial charge in [0.25, 0.3) is 0 Å². The van der Waals surface area contributed by atoms with Crippen molar-refractivity contribution in [3.8, 4) is 11.1 Å². The van der Waals surface area contributed by atoms with E-state index in [9.17, 15) is 9.90 Å². The van der Waals surface area contributed by atoms with Crippen molar-refractivity contribution in [2.45, 2.75) is 23.6 Å². The summed E-state index contributed by atoms with van der Waals surface area (Å²) in [4.78, 5) is 15.5. The number of thioether (sulfide) groups is 1. The second kappa shape index (κ2) is 5.45. The average molecular weight is 273 g/mol. The molecule has 1 aromatic heterocycles. The van der Waals surface area contributed by atoms with E-state index in [2.05, 4.69) is 4.98 Å². The number of nitrogens with zero attached hydrogens (tertiary/aromatic N) is 1. The summed E-state index contributed by atoms with van der Waals surface area (Å²) in [6.07, 6.45) is 1.69. The van der Waals surface area contributed by atoms with Gasteiger partial charge >= 0.3 is 5.97 Å². The fraction of sp³-hybridized carbons (Fsp3) is 0.200. The summed E-state index contributed by atoms with van der Waals surface area (Å²) in [5.41, 5.74) is 2.00. The SMILES string of the molecule is CC(C)(Sc1ncccc1-c1ccccc1)C(=O)O. The average Bonchev–Trinajstić information content (AvgIpc) is 2.40. The van der Waals surface area contributed by atoms with Crippen LogP contribution in [0, 0.1) is 0 Å². The first-order valence-corrected chi connectivity index (χ1v) is 6.75. The lowest BCUT2D eigenvalue weighted by atomic mass is 10.1. The Kier molecular flexibility index (Phi) is 3.90. The molecular formula is C15H15NO2S. The number of rotatable bonds is 4. The number of hydrogen-bond acceptors (Lipinski definition) is 3. The third-order valence-electron chi connectivity index (χ3n) is 2.72. The summed E-state index contributed by atoms with van der Waals surface area (Å²) >= 11 is 1.26. The van der Waals surface area contributed by atoms with Gasteiger partial charge in [-0.3, -0.25) is 4.79 Å². The molecule has 0 spiro atoms. The van der Waals surface area contributed by atoms with Gasteiger partial charge in [0.2, 0.25) is 0 Å². The molecule has 2 aromatic rings. The van der Waals surface area contributed by atoms with Crippen molar-refractivity contribution in [2.24, 2.45) is 0 Å². The van der Waals surface area contributed by atoms with E-state index in [1.807, 2.05) is 42.5 Å². The van der Waals surface area contributed by atoms with Gasteiger partial charge in [0.15, 0.2) is 0 Å². The third kappa shape index (κ3) is 3.15. The summed E-state index contributed by atoms with van der Waals surface area (Å²) in [6, 6.07) is 13.7. The summed E-state index contributed by atoms with van der Waals surface area (Å²) < 4.78 is -0.905. The maximum absolute atomic E-state index is 11.2. The zero-order valence-electron chi connectivity index (χ0n) is 10.8. The molecule has 2 rings (SSSR count). The van der Waals surface area contributed by atoms with Gasteiger partial charge in [0, 0.05) is 11.8 Å². The topological polar surface area (TPSA) is 50.2 Å². The molecule has 1 aromatic carbocycles. The first-order chi connectivity index (χ1) is 9.00. The minimum absolute atomic E-state index is 0.737. The molecule has 0 aliphatic rings. The molecule has 0 aliphatic carbocycles. The largest absolute Gasteiger partial charge is 0.480 e. The first-order valence-electron chi connectivity index (χ1n) is 5.93. The van der Waals surface area contributed by atoms with Crippen LogP contribution in [-0.2, 0) is 4.79 Å². The van der Waals surface area contributed by atoms with Crippen molar-refractivity contribution in [3.63, 3.8) is 0 Å². The van der Waals surface area contributed by atoms with Crippen molar-refractivity contribution in [1.29, 1.82) is 0 Å². The minimum Gasteiger partial charge on any atom is -0.480 e. The molecule has 0 aliphatic heterocycles. The Balaban J connectivity index is 2.40. The van der Waals surface area contributed by atoms with Crippen LogP contribution in [0.3, 0.4) is 0 Å². The maximum atomic E-state index is 11.2. The van der Waals surface area contributed by atoms with Gasteiger partial charge < -0.3 is 5.11 Å². The van der Waals surface area contributed by atoms with Crippen molar-refractivity contribution < 1.29 is 9.90 Å². The number of aromatic nitrogens is 1. The van der Waals surface area contributed by atoms with Crippen molar-refractivity contribution >= 4 is 17.7 Å². The Hall–Kier alpha value is -1.81. The summed E-state index contributed by atoms with van der Waals surface area (Å²) in [6.45, 7) is 3.37. The van der Waals surface area contributed by atoms with Gasteiger partial charge in [-0.2, -0.15) is 0 Å². The fourth-order valence-corrected chi connectivity index (χ4v) is 2.57. The van der Waals surface area contributed by atoms with E-state index in [0.717, 1.165) is 16.2 Å². The predicted octanol–water partition coefficient (Wildman–Crippen LogP) is 3.70. The number of aliphatic carboxylic acids is 1. The highest BCUT2D eigenvalue weighted by Gasteiger charge is 2.30. The van der Waals surface area contributed by atoms with Crippen LogP contribution in [0.15, 0.2) is 53.7 Å². The van der Waals surface area contributed by atoms with Gasteiger partial charge in [0.05, 0.1) is 0 Å². The Labute approximate surface area is 116 Å². The molecule has 0 unspecified atom stereocenters. The molecule has 19 heavy (non-hydrogen) atoms. The van der Waals surface area contributed by atoms with Crippen LogP contribution < -0.4 is 0 Å². The van der Waals surface area contributed by atoms with Gasteiger partial charge in [-0.25, -0.2) is 4.98 Å². The lowest BCUT2D eigenvalue weighted by Gasteiger charge is -2.19. The van der Waals surface area contributed by atoms with Crippen LogP contribution in [0.1, 0.15) is 13.8 Å². The lowest BCUT2D eigenvalue weighted by molar-refractivity contribution is -0.138. The molecule has 0 bridgehead atoms. The third-order valence-corrected chi connectivity index (χ3v) is 3.93. The summed E-state index contributed by atoms with van der Waals surface area (Å²) in [5.74, 6) is -0.845. The van der Waals surface area contributed by atoms with Crippen LogP contribution in [0.25, 0.3) is 11.1 Å². The zero-order chi connectivity index (χ0) is 13.9. The Morgan fingerprint density at radius 3 is 2.47 bits per heavy atom. The number of carbonyl (C=O) groups is 1. The molecule has 0 saturated carbocycles. The van der Waals surface area contributed by atoms with Crippen molar-refractivity contribution in [1.82, 2.24) is 4.98 Å². The molecule has 0 saturated heterocycles. The summed E-state index contributed by atoms with van der Waals surface area (Å²) in [7, 11) is 0. The molecule has 0 radical (unpaired) electrons. The molecule has 4 heteroatoms. The van der Waals surface area contributed by atoms with Crippen LogP contribution >= 0.6 is 11.8 Å². The minimum atomic E-state index is -0.905. The smallest absolute Gasteiger partial charge is 0.319 e. The number of benzene rings is 1. The molecule has 0 amide bonds. The van der Waals surface area contributed by atoms with E-state index in [0.29, 0.717) is 0 Å². The molecular weight excluding hydrogens is 258 g/mol. The number of pyridine rings is 1. The van der Waals surface area contributed by atoms with Crippen LogP contribution in [0.5, 0.6) is 0 Å². The van der Waals surface area contributed by atoms with Crippen LogP contribution in [0.2, 0.25) is 0 Å². The molecule has 0 atom stereocenters. The number of carboxylic acid groups (broad SMARTS) is 1. The highest BCUT2D eigenvalue weighted by molar-refractivity contribution is 8.01. The molecule has 0 fully saturated rings. The Morgan fingerprint density at radius 2 is 1.84 bits per heavy atom. The monoisotopic (exact) mass is 273 g/mol. The highest BCUT2D eigenvalue weighted by Crippen LogP contribution is 2.37. The lowest BCUT2D eigenvalue weighted by Crippen LogP contribution is -2.27. The van der Waals surface area contributed by atoms with Crippen molar-refractivity contribution in [3.05, 3.63) is 48.7 Å². The van der Waals surface area contributed by atoms with E-state index in [1.165, 1.54) is 11.8 Å². The second-order valence-electron chi connectivity index (χ2n) is 4.64. The van der Waals surface area contributed by atoms with Gasteiger partial charge in [-0.1, -0.05) is 48.2 Å². The van der Waals surface area contributed by atoms with E-state index in [4.69, 9.17) is 0 Å². The van der Waals surface area contributed by atoms with Gasteiger partial charge in [0.1, 0.15) is 9.77 Å². The first kappa shape index (κ1) is 13.6. The number of carboxylic acids is 1. The van der Waals surface area contributed by atoms with E-state index >= 15 is 0 Å². The standard InChI is InChI=1S/C15H15NO2S/c1-15(2,14(17)18)19-13-12(9-6-10-16-13)11-7-4-3-5-8-11/h3-10H,1-2H3,(H,17,18). The van der Waals surface area contributed by atoms with E-state index in [-0.39, 0.29) is 0 Å². The summed E-state index contributed by atoms with van der Waals surface area (Å²) in [5, 5.41) is 9.95. The van der Waals surface area contributed by atoms with Gasteiger partial charge in [-0.15, -0.1) is 0 Å². The van der Waals surface area contributed by atoms with Crippen molar-refractivity contribution in [2.75, 3.05) is 0 Å². The Morgan fingerprint density at radius 1 is 1.16 bits per heavy atom. The normalized spacial score (nSPS) is 11.3. The molecule has 98 valence electrons. The van der Waals surface area contributed by atoms with E-state index < -0.39 is 10.7 Å². The highest BCUT2D eigenvalue weighted by atomic mass is 32.2.